The lowest BCUT2D eigenvalue weighted by atomic mass is 10.2. The predicted molar refractivity (Wildman–Crippen MR) is 38.3 cm³/mol. The van der Waals surface area contributed by atoms with Crippen molar-refractivity contribution in [2.45, 2.75) is 13.8 Å². The van der Waals surface area contributed by atoms with E-state index in [1.165, 1.54) is 6.07 Å². The Kier molecular flexibility index (Phi) is 1.49. The van der Waals surface area contributed by atoms with E-state index in [0.29, 0.717) is 5.69 Å². The summed E-state index contributed by atoms with van der Waals surface area (Å²) in [6, 6.07) is 1.43. The Morgan fingerprint density at radius 2 is 2.10 bits per heavy atom. The van der Waals surface area contributed by atoms with Crippen molar-refractivity contribution < 1.29 is 5.11 Å². The van der Waals surface area contributed by atoms with E-state index in [4.69, 9.17) is 5.73 Å². The molecule has 0 bridgehead atoms. The summed E-state index contributed by atoms with van der Waals surface area (Å²) in [5.41, 5.74) is 6.97. The van der Waals surface area contributed by atoms with Crippen molar-refractivity contribution in [2.24, 2.45) is 0 Å². The third-order valence-electron chi connectivity index (χ3n) is 1.34. The van der Waals surface area contributed by atoms with Crippen molar-refractivity contribution in [3.8, 4) is 5.75 Å². The van der Waals surface area contributed by atoms with Gasteiger partial charge in [0, 0.05) is 11.8 Å². The zero-order valence-electron chi connectivity index (χ0n) is 6.01. The standard InChI is InChI=1S/C7H9N2O/c1-4-3-6(10)7(8)5(2)9-4/h3H,8H2,1-2H3. The molecule has 1 heterocycles. The smallest absolute Gasteiger partial charge is 0.205 e. The lowest BCUT2D eigenvalue weighted by Crippen LogP contribution is -1.94. The largest absolute Gasteiger partial charge is 0.394 e. The van der Waals surface area contributed by atoms with E-state index >= 15 is 0 Å². The molecule has 1 radical (unpaired) electrons. The van der Waals surface area contributed by atoms with Gasteiger partial charge in [-0.15, -0.1) is 0 Å². The van der Waals surface area contributed by atoms with Crippen molar-refractivity contribution in [1.82, 2.24) is 4.98 Å². The van der Waals surface area contributed by atoms with Crippen LogP contribution in [0.15, 0.2) is 6.07 Å². The van der Waals surface area contributed by atoms with E-state index in [2.05, 4.69) is 4.98 Å². The molecule has 0 aliphatic rings. The maximum atomic E-state index is 10.9. The number of aryl methyl sites for hydroxylation is 2. The first kappa shape index (κ1) is 6.86. The number of pyridine rings is 1. The topological polar surface area (TPSA) is 58.8 Å². The van der Waals surface area contributed by atoms with Crippen LogP contribution in [0.5, 0.6) is 5.75 Å². The molecule has 0 fully saturated rings. The van der Waals surface area contributed by atoms with E-state index in [1.54, 1.807) is 13.8 Å². The number of nitrogens with two attached hydrogens (primary N) is 1. The summed E-state index contributed by atoms with van der Waals surface area (Å²) in [4.78, 5) is 4.01. The average molecular weight is 137 g/mol. The van der Waals surface area contributed by atoms with Crippen molar-refractivity contribution >= 4 is 5.69 Å². The summed E-state index contributed by atoms with van der Waals surface area (Å²) < 4.78 is 0. The van der Waals surface area contributed by atoms with Gasteiger partial charge >= 0.3 is 0 Å². The van der Waals surface area contributed by atoms with Gasteiger partial charge in [0.05, 0.1) is 5.69 Å². The van der Waals surface area contributed by atoms with Crippen LogP contribution in [-0.2, 0) is 5.11 Å². The molecular weight excluding hydrogens is 128 g/mol. The van der Waals surface area contributed by atoms with E-state index in [-0.39, 0.29) is 11.4 Å². The van der Waals surface area contributed by atoms with Crippen LogP contribution < -0.4 is 5.73 Å². The van der Waals surface area contributed by atoms with Crippen LogP contribution >= 0.6 is 0 Å². The molecule has 0 unspecified atom stereocenters. The van der Waals surface area contributed by atoms with Crippen molar-refractivity contribution in [3.05, 3.63) is 17.5 Å². The van der Waals surface area contributed by atoms with Gasteiger partial charge in [0.25, 0.3) is 0 Å². The third-order valence-corrected chi connectivity index (χ3v) is 1.34. The summed E-state index contributed by atoms with van der Waals surface area (Å²) in [7, 11) is 0. The summed E-state index contributed by atoms with van der Waals surface area (Å²) in [6.45, 7) is 3.50. The van der Waals surface area contributed by atoms with Crippen molar-refractivity contribution in [2.75, 3.05) is 5.73 Å². The van der Waals surface area contributed by atoms with Crippen LogP contribution in [-0.4, -0.2) is 4.98 Å². The molecule has 1 aromatic heterocycles. The van der Waals surface area contributed by atoms with Crippen LogP contribution in [0, 0.1) is 13.8 Å². The Morgan fingerprint density at radius 3 is 2.60 bits per heavy atom. The van der Waals surface area contributed by atoms with Crippen LogP contribution in [0.4, 0.5) is 5.69 Å². The molecule has 0 aromatic carbocycles. The van der Waals surface area contributed by atoms with Crippen molar-refractivity contribution in [1.29, 1.82) is 0 Å². The molecule has 10 heavy (non-hydrogen) atoms. The third kappa shape index (κ3) is 1.03. The molecule has 53 valence electrons. The highest BCUT2D eigenvalue weighted by atomic mass is 16.3. The molecule has 3 nitrogen and oxygen atoms in total. The minimum Gasteiger partial charge on any atom is -0.394 e. The van der Waals surface area contributed by atoms with E-state index in [0.717, 1.165) is 5.69 Å². The van der Waals surface area contributed by atoms with Gasteiger partial charge in [0.2, 0.25) is 5.75 Å². The zero-order valence-corrected chi connectivity index (χ0v) is 6.01. The Labute approximate surface area is 59.5 Å². The first-order chi connectivity index (χ1) is 4.61. The van der Waals surface area contributed by atoms with Crippen LogP contribution in [0.2, 0.25) is 0 Å². The molecular formula is C7H9N2O. The second kappa shape index (κ2) is 2.17. The van der Waals surface area contributed by atoms with Crippen LogP contribution in [0.3, 0.4) is 0 Å². The SMILES string of the molecule is Cc1cc([O])c(N)c(C)n1. The normalized spacial score (nSPS) is 9.80. The number of rotatable bonds is 0. The van der Waals surface area contributed by atoms with Gasteiger partial charge in [0.1, 0.15) is 5.69 Å². The van der Waals surface area contributed by atoms with E-state index in [1.807, 2.05) is 0 Å². The Balaban J connectivity index is 3.31. The fourth-order valence-corrected chi connectivity index (χ4v) is 0.803. The van der Waals surface area contributed by atoms with Gasteiger partial charge in [-0.3, -0.25) is 10.1 Å². The second-order valence-corrected chi connectivity index (χ2v) is 2.26. The molecule has 0 atom stereocenters. The monoisotopic (exact) mass is 137 g/mol. The zero-order chi connectivity index (χ0) is 7.72. The number of hydrogen-bond donors (Lipinski definition) is 1. The minimum atomic E-state index is -0.134. The van der Waals surface area contributed by atoms with Gasteiger partial charge < -0.3 is 5.73 Å². The molecule has 0 saturated heterocycles. The van der Waals surface area contributed by atoms with Crippen molar-refractivity contribution in [3.63, 3.8) is 0 Å². The fraction of sp³-hybridized carbons (Fsp3) is 0.286. The van der Waals surface area contributed by atoms with Gasteiger partial charge in [-0.25, -0.2) is 0 Å². The van der Waals surface area contributed by atoms with Gasteiger partial charge in [-0.05, 0) is 13.8 Å². The first-order valence-corrected chi connectivity index (χ1v) is 3.02. The molecule has 1 aromatic rings. The molecule has 0 aliphatic carbocycles. The lowest BCUT2D eigenvalue weighted by Gasteiger charge is -1.99. The average Bonchev–Trinajstić information content (AvgIpc) is 1.82. The summed E-state index contributed by atoms with van der Waals surface area (Å²) in [5, 5.41) is 10.9. The number of aromatic nitrogens is 1. The van der Waals surface area contributed by atoms with E-state index in [9.17, 15) is 5.11 Å². The maximum absolute atomic E-state index is 10.9. The summed E-state index contributed by atoms with van der Waals surface area (Å²) in [5.74, 6) is -0.134. The molecule has 2 N–H and O–H groups in total. The van der Waals surface area contributed by atoms with Crippen LogP contribution in [0.25, 0.3) is 0 Å². The van der Waals surface area contributed by atoms with Gasteiger partial charge in [-0.2, -0.15) is 0 Å². The number of anilines is 1. The Hall–Kier alpha value is -1.25. The summed E-state index contributed by atoms with van der Waals surface area (Å²) >= 11 is 0. The highest BCUT2D eigenvalue weighted by Crippen LogP contribution is 2.22. The molecule has 0 saturated carbocycles. The Morgan fingerprint density at radius 1 is 1.50 bits per heavy atom. The van der Waals surface area contributed by atoms with Gasteiger partial charge in [0.15, 0.2) is 0 Å². The number of nitrogen functional groups attached to an aromatic ring is 1. The van der Waals surface area contributed by atoms with Crippen LogP contribution in [0.1, 0.15) is 11.4 Å². The maximum Gasteiger partial charge on any atom is 0.205 e. The molecule has 1 rings (SSSR count). The number of nitrogens with zero attached hydrogens (tertiary/aromatic N) is 1. The fourth-order valence-electron chi connectivity index (χ4n) is 0.803. The molecule has 3 heteroatoms. The van der Waals surface area contributed by atoms with Gasteiger partial charge in [-0.1, -0.05) is 0 Å². The second-order valence-electron chi connectivity index (χ2n) is 2.26. The first-order valence-electron chi connectivity index (χ1n) is 3.02. The highest BCUT2D eigenvalue weighted by molar-refractivity contribution is 5.54. The number of hydrogen-bond acceptors (Lipinski definition) is 2. The minimum absolute atomic E-state index is 0.134. The predicted octanol–water partition coefficient (Wildman–Crippen LogP) is 1.42. The molecule has 0 aliphatic heterocycles. The summed E-state index contributed by atoms with van der Waals surface area (Å²) in [6.07, 6.45) is 0. The molecule has 0 spiro atoms. The van der Waals surface area contributed by atoms with E-state index < -0.39 is 0 Å². The quantitative estimate of drug-likeness (QED) is 0.587. The lowest BCUT2D eigenvalue weighted by molar-refractivity contribution is 0.356. The molecule has 0 amide bonds. The highest BCUT2D eigenvalue weighted by Gasteiger charge is 2.03. The Bertz CT molecular complexity index is 235.